The first kappa shape index (κ1) is 17.8. The number of nitrogens with zero attached hydrogens (tertiary/aromatic N) is 5. The first-order valence-electron chi connectivity index (χ1n) is 9.35. The summed E-state index contributed by atoms with van der Waals surface area (Å²) in [6, 6.07) is 7.84. The van der Waals surface area contributed by atoms with E-state index in [-0.39, 0.29) is 0 Å². The molecule has 4 heterocycles. The molecule has 4 aromatic rings. The fourth-order valence-electron chi connectivity index (χ4n) is 3.64. The lowest BCUT2D eigenvalue weighted by molar-refractivity contribution is 0.206. The molecule has 1 aliphatic rings. The fourth-order valence-corrected chi connectivity index (χ4v) is 4.97. The molecular weight excluding hydrogens is 394 g/mol. The molecule has 0 bridgehead atoms. The van der Waals surface area contributed by atoms with Crippen LogP contribution in [0.3, 0.4) is 0 Å². The van der Waals surface area contributed by atoms with Gasteiger partial charge >= 0.3 is 0 Å². The maximum atomic E-state index is 5.92. The first-order chi connectivity index (χ1) is 13.6. The predicted octanol–water partition coefficient (Wildman–Crippen LogP) is 4.34. The second-order valence-corrected chi connectivity index (χ2v) is 8.80. The molecule has 28 heavy (non-hydrogen) atoms. The molecule has 5 rings (SSSR count). The van der Waals surface area contributed by atoms with E-state index < -0.39 is 0 Å². The van der Waals surface area contributed by atoms with Crippen LogP contribution in [0, 0.1) is 0 Å². The van der Waals surface area contributed by atoms with Gasteiger partial charge in [0, 0.05) is 29.0 Å². The largest absolute Gasteiger partial charge is 0.486 e. The van der Waals surface area contributed by atoms with Crippen molar-refractivity contribution in [2.45, 2.75) is 39.5 Å². The minimum atomic E-state index is 0.304. The van der Waals surface area contributed by atoms with Crippen molar-refractivity contribution >= 4 is 38.8 Å². The third kappa shape index (κ3) is 3.13. The van der Waals surface area contributed by atoms with E-state index in [1.54, 1.807) is 34.3 Å². The zero-order chi connectivity index (χ0) is 19.3. The van der Waals surface area contributed by atoms with Gasteiger partial charge in [-0.05, 0) is 50.1 Å². The normalized spacial score (nSPS) is 14.9. The van der Waals surface area contributed by atoms with Gasteiger partial charge in [-0.2, -0.15) is 0 Å². The molecule has 1 aliphatic heterocycles. The lowest BCUT2D eigenvalue weighted by atomic mass is 10.0. The van der Waals surface area contributed by atoms with Crippen LogP contribution < -0.4 is 4.74 Å². The highest BCUT2D eigenvalue weighted by atomic mass is 35.5. The van der Waals surface area contributed by atoms with Crippen LogP contribution in [-0.4, -0.2) is 37.1 Å². The first-order valence-corrected chi connectivity index (χ1v) is 10.5. The summed E-state index contributed by atoms with van der Waals surface area (Å²) in [6.45, 7) is 6.86. The van der Waals surface area contributed by atoms with Crippen LogP contribution in [0.1, 0.15) is 30.1 Å². The quantitative estimate of drug-likeness (QED) is 0.498. The Labute approximate surface area is 171 Å². The van der Waals surface area contributed by atoms with Gasteiger partial charge in [0.2, 0.25) is 0 Å². The second kappa shape index (κ2) is 6.99. The molecule has 6 nitrogen and oxygen atoms in total. The SMILES string of the molecule is CC(C)N1CCc2c(sc3ncn4nc(COc5ccc(Cl)cc5)nc4c23)C1. The predicted molar refractivity (Wildman–Crippen MR) is 111 cm³/mol. The maximum Gasteiger partial charge on any atom is 0.189 e. The third-order valence-electron chi connectivity index (χ3n) is 5.16. The van der Waals surface area contributed by atoms with Crippen molar-refractivity contribution in [2.24, 2.45) is 0 Å². The topological polar surface area (TPSA) is 55.6 Å². The number of aromatic nitrogens is 4. The minimum absolute atomic E-state index is 0.304. The van der Waals surface area contributed by atoms with E-state index in [0.29, 0.717) is 23.5 Å². The van der Waals surface area contributed by atoms with E-state index in [2.05, 4.69) is 28.8 Å². The molecule has 0 unspecified atom stereocenters. The molecule has 0 spiro atoms. The summed E-state index contributed by atoms with van der Waals surface area (Å²) in [4.78, 5) is 14.3. The molecule has 0 saturated carbocycles. The molecule has 0 radical (unpaired) electrons. The highest BCUT2D eigenvalue weighted by Gasteiger charge is 2.25. The summed E-state index contributed by atoms with van der Waals surface area (Å²) < 4.78 is 7.57. The second-order valence-electron chi connectivity index (χ2n) is 7.28. The van der Waals surface area contributed by atoms with Gasteiger partial charge in [0.15, 0.2) is 11.5 Å². The molecule has 0 amide bonds. The van der Waals surface area contributed by atoms with Gasteiger partial charge < -0.3 is 4.74 Å². The molecule has 144 valence electrons. The van der Waals surface area contributed by atoms with E-state index in [4.69, 9.17) is 21.3 Å². The van der Waals surface area contributed by atoms with Crippen LogP contribution >= 0.6 is 22.9 Å². The number of thiophene rings is 1. The zero-order valence-corrected chi connectivity index (χ0v) is 17.3. The number of ether oxygens (including phenoxy) is 1. The lowest BCUT2D eigenvalue weighted by Gasteiger charge is -2.30. The summed E-state index contributed by atoms with van der Waals surface area (Å²) in [5, 5.41) is 6.39. The van der Waals surface area contributed by atoms with Crippen LogP contribution in [0.2, 0.25) is 5.02 Å². The third-order valence-corrected chi connectivity index (χ3v) is 6.54. The summed E-state index contributed by atoms with van der Waals surface area (Å²) in [5.74, 6) is 1.39. The number of hydrogen-bond acceptors (Lipinski definition) is 6. The molecule has 0 saturated heterocycles. The minimum Gasteiger partial charge on any atom is -0.486 e. The van der Waals surface area contributed by atoms with E-state index in [1.165, 1.54) is 10.4 Å². The van der Waals surface area contributed by atoms with E-state index in [9.17, 15) is 0 Å². The summed E-state index contributed by atoms with van der Waals surface area (Å²) in [5.41, 5.74) is 2.25. The highest BCUT2D eigenvalue weighted by Crippen LogP contribution is 2.36. The van der Waals surface area contributed by atoms with Crippen molar-refractivity contribution in [3.05, 3.63) is 51.9 Å². The zero-order valence-electron chi connectivity index (χ0n) is 15.7. The van der Waals surface area contributed by atoms with Crippen molar-refractivity contribution < 1.29 is 4.74 Å². The van der Waals surface area contributed by atoms with Gasteiger partial charge in [0.1, 0.15) is 23.5 Å². The van der Waals surface area contributed by atoms with Gasteiger partial charge in [0.05, 0.1) is 5.39 Å². The molecule has 0 aliphatic carbocycles. The monoisotopic (exact) mass is 413 g/mol. The number of rotatable bonds is 4. The van der Waals surface area contributed by atoms with Gasteiger partial charge in [-0.15, -0.1) is 16.4 Å². The van der Waals surface area contributed by atoms with Gasteiger partial charge in [-0.3, -0.25) is 4.90 Å². The molecule has 0 atom stereocenters. The van der Waals surface area contributed by atoms with Gasteiger partial charge in [-0.1, -0.05) is 11.6 Å². The standard InChI is InChI=1S/C20H20ClN5OS/c1-12(2)25-8-7-15-16(9-25)28-20-18(15)19-23-17(24-26(19)11-22-20)10-27-14-5-3-13(21)4-6-14/h3-6,11-12H,7-10H2,1-2H3. The van der Waals surface area contributed by atoms with E-state index in [0.717, 1.165) is 41.1 Å². The molecule has 0 N–H and O–H groups in total. The Morgan fingerprint density at radius 1 is 1.25 bits per heavy atom. The van der Waals surface area contributed by atoms with Crippen molar-refractivity contribution in [3.8, 4) is 5.75 Å². The smallest absolute Gasteiger partial charge is 0.189 e. The van der Waals surface area contributed by atoms with Crippen LogP contribution in [0.15, 0.2) is 30.6 Å². The van der Waals surface area contributed by atoms with Crippen LogP contribution in [0.25, 0.3) is 15.9 Å². The van der Waals surface area contributed by atoms with E-state index >= 15 is 0 Å². The molecule has 0 fully saturated rings. The van der Waals surface area contributed by atoms with Crippen molar-refractivity contribution in [1.82, 2.24) is 24.5 Å². The van der Waals surface area contributed by atoms with Crippen molar-refractivity contribution in [2.75, 3.05) is 6.54 Å². The molecule has 3 aromatic heterocycles. The molecule has 8 heteroatoms. The Hall–Kier alpha value is -2.22. The Kier molecular flexibility index (Phi) is 4.45. The summed E-state index contributed by atoms with van der Waals surface area (Å²) in [7, 11) is 0. The fraction of sp³-hybridized carbons (Fsp3) is 0.350. The van der Waals surface area contributed by atoms with Gasteiger partial charge in [0.25, 0.3) is 0 Å². The Morgan fingerprint density at radius 3 is 2.86 bits per heavy atom. The van der Waals surface area contributed by atoms with Crippen LogP contribution in [0.5, 0.6) is 5.75 Å². The Balaban J connectivity index is 1.48. The van der Waals surface area contributed by atoms with Crippen LogP contribution in [-0.2, 0) is 19.6 Å². The Morgan fingerprint density at radius 2 is 2.07 bits per heavy atom. The molecule has 1 aromatic carbocycles. The summed E-state index contributed by atoms with van der Waals surface area (Å²) in [6.07, 6.45) is 2.77. The number of hydrogen-bond donors (Lipinski definition) is 0. The average Bonchev–Trinajstić information content (AvgIpc) is 3.27. The van der Waals surface area contributed by atoms with Crippen molar-refractivity contribution in [3.63, 3.8) is 0 Å². The summed E-state index contributed by atoms with van der Waals surface area (Å²) >= 11 is 7.70. The molecular formula is C20H20ClN5OS. The number of benzene rings is 1. The van der Waals surface area contributed by atoms with Crippen molar-refractivity contribution in [1.29, 1.82) is 0 Å². The van der Waals surface area contributed by atoms with Crippen LogP contribution in [0.4, 0.5) is 0 Å². The number of fused-ring (bicyclic) bond motifs is 5. The Bertz CT molecular complexity index is 1150. The lowest BCUT2D eigenvalue weighted by Crippen LogP contribution is -2.35. The highest BCUT2D eigenvalue weighted by molar-refractivity contribution is 7.19. The maximum absolute atomic E-state index is 5.92. The number of halogens is 1. The average molecular weight is 414 g/mol. The van der Waals surface area contributed by atoms with E-state index in [1.807, 2.05) is 12.1 Å². The van der Waals surface area contributed by atoms with Gasteiger partial charge in [-0.25, -0.2) is 14.5 Å².